The number of amides is 2. The van der Waals surface area contributed by atoms with Crippen LogP contribution in [0, 0.1) is 11.8 Å². The Morgan fingerprint density at radius 2 is 1.76 bits per heavy atom. The first-order valence-electron chi connectivity index (χ1n) is 10.4. The van der Waals surface area contributed by atoms with Gasteiger partial charge in [0, 0.05) is 56.8 Å². The molecule has 29 heavy (non-hydrogen) atoms. The first kappa shape index (κ1) is 18.2. The number of likely N-dealkylation sites (tertiary alicyclic amines) is 2. The smallest absolute Gasteiger partial charge is 0.250 e. The quantitative estimate of drug-likeness (QED) is 0.802. The molecule has 2 fully saturated rings. The van der Waals surface area contributed by atoms with Crippen molar-refractivity contribution in [3.05, 3.63) is 70.1 Å². The van der Waals surface area contributed by atoms with E-state index in [1.165, 1.54) is 0 Å². The van der Waals surface area contributed by atoms with Crippen LogP contribution in [0.25, 0.3) is 0 Å². The van der Waals surface area contributed by atoms with E-state index in [-0.39, 0.29) is 29.2 Å². The Labute approximate surface area is 169 Å². The molecule has 0 radical (unpaired) electrons. The van der Waals surface area contributed by atoms with Gasteiger partial charge in [0.2, 0.25) is 11.8 Å². The van der Waals surface area contributed by atoms with Crippen molar-refractivity contribution in [2.45, 2.75) is 31.8 Å². The summed E-state index contributed by atoms with van der Waals surface area (Å²) in [6.07, 6.45) is 1.32. The number of carbonyl (C=O) groups excluding carboxylic acids is 2. The van der Waals surface area contributed by atoms with Gasteiger partial charge in [-0.1, -0.05) is 36.4 Å². The van der Waals surface area contributed by atoms with Crippen LogP contribution >= 0.6 is 0 Å². The highest BCUT2D eigenvalue weighted by molar-refractivity contribution is 5.89. The van der Waals surface area contributed by atoms with Gasteiger partial charge in [0.15, 0.2) is 0 Å². The second-order valence-corrected chi connectivity index (χ2v) is 8.60. The Morgan fingerprint density at radius 1 is 0.931 bits per heavy atom. The van der Waals surface area contributed by atoms with Crippen molar-refractivity contribution in [1.82, 2.24) is 14.4 Å². The molecule has 0 aliphatic carbocycles. The molecule has 150 valence electrons. The number of piperidine rings is 1. The summed E-state index contributed by atoms with van der Waals surface area (Å²) >= 11 is 0. The molecule has 2 saturated heterocycles. The van der Waals surface area contributed by atoms with Crippen molar-refractivity contribution < 1.29 is 9.59 Å². The lowest BCUT2D eigenvalue weighted by molar-refractivity contribution is -0.138. The summed E-state index contributed by atoms with van der Waals surface area (Å²) in [5.74, 6) is 0.403. The molecule has 0 N–H and O–H groups in total. The Balaban J connectivity index is 1.28. The molecule has 0 spiro atoms. The third-order valence-corrected chi connectivity index (χ3v) is 6.57. The summed E-state index contributed by atoms with van der Waals surface area (Å²) < 4.78 is 1.88. The maximum atomic E-state index is 13.2. The lowest BCUT2D eigenvalue weighted by Crippen LogP contribution is -2.50. The lowest BCUT2D eigenvalue weighted by atomic mass is 9.82. The molecule has 6 nitrogen and oxygen atoms in total. The number of benzene rings is 1. The van der Waals surface area contributed by atoms with Crippen LogP contribution < -0.4 is 5.56 Å². The van der Waals surface area contributed by atoms with E-state index in [0.717, 1.165) is 17.7 Å². The van der Waals surface area contributed by atoms with Crippen molar-refractivity contribution in [3.63, 3.8) is 0 Å². The Morgan fingerprint density at radius 3 is 2.59 bits per heavy atom. The van der Waals surface area contributed by atoms with Gasteiger partial charge < -0.3 is 14.4 Å². The molecule has 2 amide bonds. The second-order valence-electron chi connectivity index (χ2n) is 8.60. The van der Waals surface area contributed by atoms with E-state index in [1.807, 2.05) is 51.9 Å². The number of hydrogen-bond donors (Lipinski definition) is 0. The summed E-state index contributed by atoms with van der Waals surface area (Å²) in [7, 11) is 0. The van der Waals surface area contributed by atoms with E-state index in [0.29, 0.717) is 45.1 Å². The molecule has 4 heterocycles. The fraction of sp³-hybridized carbons (Fsp3) is 0.435. The molecule has 3 atom stereocenters. The summed E-state index contributed by atoms with van der Waals surface area (Å²) in [5.41, 5.74) is 2.18. The molecule has 5 rings (SSSR count). The standard InChI is InChI=1S/C23H25N3O3/c27-21-8-4-7-20-18-9-17(13-26(20)21)12-25(14-18)23(29)19-10-22(28)24(15-19)11-16-5-2-1-3-6-16/h1-8,17-19H,9-15H2/t17-,18+,19-/m1/s1. The minimum atomic E-state index is -0.261. The third kappa shape index (κ3) is 3.37. The van der Waals surface area contributed by atoms with Crippen LogP contribution in [0.3, 0.4) is 0 Å². The maximum Gasteiger partial charge on any atom is 0.250 e. The zero-order chi connectivity index (χ0) is 20.0. The Kier molecular flexibility index (Phi) is 4.49. The molecular weight excluding hydrogens is 366 g/mol. The summed E-state index contributed by atoms with van der Waals surface area (Å²) in [4.78, 5) is 41.7. The van der Waals surface area contributed by atoms with E-state index in [1.54, 1.807) is 11.0 Å². The minimum absolute atomic E-state index is 0.0509. The number of rotatable bonds is 3. The van der Waals surface area contributed by atoms with Crippen LogP contribution in [-0.4, -0.2) is 45.8 Å². The summed E-state index contributed by atoms with van der Waals surface area (Å²) in [6, 6.07) is 15.3. The minimum Gasteiger partial charge on any atom is -0.341 e. The van der Waals surface area contributed by atoms with Crippen molar-refractivity contribution in [2.75, 3.05) is 19.6 Å². The number of hydrogen-bond acceptors (Lipinski definition) is 3. The van der Waals surface area contributed by atoms with Gasteiger partial charge in [-0.25, -0.2) is 0 Å². The van der Waals surface area contributed by atoms with Crippen LogP contribution in [0.1, 0.15) is 30.0 Å². The van der Waals surface area contributed by atoms with Crippen molar-refractivity contribution in [1.29, 1.82) is 0 Å². The van der Waals surface area contributed by atoms with Crippen molar-refractivity contribution in [3.8, 4) is 0 Å². The molecule has 6 heteroatoms. The number of fused-ring (bicyclic) bond motifs is 4. The molecule has 0 unspecified atom stereocenters. The van der Waals surface area contributed by atoms with Gasteiger partial charge in [-0.3, -0.25) is 14.4 Å². The van der Waals surface area contributed by atoms with Gasteiger partial charge in [0.25, 0.3) is 5.56 Å². The predicted molar refractivity (Wildman–Crippen MR) is 108 cm³/mol. The molecule has 2 bridgehead atoms. The monoisotopic (exact) mass is 391 g/mol. The zero-order valence-electron chi connectivity index (χ0n) is 16.4. The van der Waals surface area contributed by atoms with Gasteiger partial charge in [0.1, 0.15) is 0 Å². The number of nitrogens with zero attached hydrogens (tertiary/aromatic N) is 3. The van der Waals surface area contributed by atoms with E-state index < -0.39 is 0 Å². The number of aromatic nitrogens is 1. The van der Waals surface area contributed by atoms with Gasteiger partial charge in [-0.05, 0) is 24.0 Å². The normalized spacial score (nSPS) is 25.8. The van der Waals surface area contributed by atoms with Crippen LogP contribution in [0.4, 0.5) is 0 Å². The summed E-state index contributed by atoms with van der Waals surface area (Å²) in [6.45, 7) is 3.06. The fourth-order valence-electron chi connectivity index (χ4n) is 5.23. The van der Waals surface area contributed by atoms with E-state index in [2.05, 4.69) is 0 Å². The van der Waals surface area contributed by atoms with Crippen LogP contribution in [-0.2, 0) is 22.7 Å². The van der Waals surface area contributed by atoms with Crippen LogP contribution in [0.15, 0.2) is 53.3 Å². The largest absolute Gasteiger partial charge is 0.341 e. The Hall–Kier alpha value is -2.89. The van der Waals surface area contributed by atoms with E-state index in [4.69, 9.17) is 0 Å². The van der Waals surface area contributed by atoms with Crippen LogP contribution in [0.2, 0.25) is 0 Å². The predicted octanol–water partition coefficient (Wildman–Crippen LogP) is 1.84. The SMILES string of the molecule is O=C1C[C@@H](C(=O)N2C[C@H]3C[C@@H](C2)c2cccc(=O)n2C3)CN1Cc1ccccc1. The average Bonchev–Trinajstić information content (AvgIpc) is 3.09. The molecule has 0 saturated carbocycles. The number of pyridine rings is 1. The van der Waals surface area contributed by atoms with E-state index >= 15 is 0 Å². The van der Waals surface area contributed by atoms with Crippen molar-refractivity contribution in [2.24, 2.45) is 11.8 Å². The lowest BCUT2D eigenvalue weighted by Gasteiger charge is -2.43. The average molecular weight is 391 g/mol. The highest BCUT2D eigenvalue weighted by atomic mass is 16.2. The molecule has 1 aromatic heterocycles. The molecule has 3 aliphatic heterocycles. The number of carbonyl (C=O) groups is 2. The van der Waals surface area contributed by atoms with Crippen LogP contribution in [0.5, 0.6) is 0 Å². The molecule has 2 aromatic rings. The molecule has 3 aliphatic rings. The van der Waals surface area contributed by atoms with E-state index in [9.17, 15) is 14.4 Å². The summed E-state index contributed by atoms with van der Waals surface area (Å²) in [5, 5.41) is 0. The first-order chi connectivity index (χ1) is 14.1. The van der Waals surface area contributed by atoms with Gasteiger partial charge in [0.05, 0.1) is 5.92 Å². The third-order valence-electron chi connectivity index (χ3n) is 6.57. The molecule has 1 aromatic carbocycles. The highest BCUT2D eigenvalue weighted by Gasteiger charge is 2.41. The highest BCUT2D eigenvalue weighted by Crippen LogP contribution is 2.36. The first-order valence-corrected chi connectivity index (χ1v) is 10.4. The molecular formula is C23H25N3O3. The second kappa shape index (κ2) is 7.17. The van der Waals surface area contributed by atoms with Gasteiger partial charge in [-0.2, -0.15) is 0 Å². The Bertz CT molecular complexity index is 1000. The fourth-order valence-corrected chi connectivity index (χ4v) is 5.23. The topological polar surface area (TPSA) is 62.6 Å². The van der Waals surface area contributed by atoms with Gasteiger partial charge in [-0.15, -0.1) is 0 Å². The van der Waals surface area contributed by atoms with Crippen molar-refractivity contribution >= 4 is 11.8 Å². The van der Waals surface area contributed by atoms with Gasteiger partial charge >= 0.3 is 0 Å². The zero-order valence-corrected chi connectivity index (χ0v) is 16.4. The maximum absolute atomic E-state index is 13.2.